The van der Waals surface area contributed by atoms with Gasteiger partial charge in [0.1, 0.15) is 11.5 Å². The van der Waals surface area contributed by atoms with Gasteiger partial charge < -0.3 is 4.42 Å². The Bertz CT molecular complexity index is 1040. The predicted octanol–water partition coefficient (Wildman–Crippen LogP) is 3.50. The Morgan fingerprint density at radius 1 is 1.21 bits per heavy atom. The minimum absolute atomic E-state index is 0.00824. The molecule has 0 aliphatic carbocycles. The predicted molar refractivity (Wildman–Crippen MR) is 109 cm³/mol. The first-order chi connectivity index (χ1) is 13.9. The van der Waals surface area contributed by atoms with E-state index in [1.807, 2.05) is 19.9 Å². The number of nitro benzene ring substituents is 1. The van der Waals surface area contributed by atoms with Crippen LogP contribution < -0.4 is 5.43 Å². The third-order valence-electron chi connectivity index (χ3n) is 3.66. The molecule has 0 bridgehead atoms. The molecule has 0 saturated carbocycles. The summed E-state index contributed by atoms with van der Waals surface area (Å²) < 4.78 is 5.61. The second-order valence-electron chi connectivity index (χ2n) is 6.02. The summed E-state index contributed by atoms with van der Waals surface area (Å²) in [5.41, 5.74) is 4.82. The summed E-state index contributed by atoms with van der Waals surface area (Å²) >= 11 is 1.23. The van der Waals surface area contributed by atoms with Crippen LogP contribution in [0.2, 0.25) is 0 Å². The van der Waals surface area contributed by atoms with Crippen molar-refractivity contribution in [2.24, 2.45) is 5.10 Å². The third kappa shape index (κ3) is 5.72. The number of rotatable bonds is 7. The largest absolute Gasteiger partial charge is 0.455 e. The van der Waals surface area contributed by atoms with Crippen LogP contribution in [-0.4, -0.2) is 32.8 Å². The number of furan rings is 1. The molecule has 29 heavy (non-hydrogen) atoms. The van der Waals surface area contributed by atoms with E-state index in [1.54, 1.807) is 24.3 Å². The molecule has 0 saturated heterocycles. The van der Waals surface area contributed by atoms with Gasteiger partial charge in [-0.3, -0.25) is 14.9 Å². The Morgan fingerprint density at radius 3 is 2.55 bits per heavy atom. The SMILES string of the molecule is Cc1cc(C)nc(SCC(=O)N/N=C/c2ccc(-c3ccc([N+](=O)[O-])cc3)o2)n1. The number of nitrogens with one attached hydrogen (secondary N) is 1. The lowest BCUT2D eigenvalue weighted by molar-refractivity contribution is -0.384. The minimum atomic E-state index is -0.461. The molecule has 3 rings (SSSR count). The van der Waals surface area contributed by atoms with Crippen molar-refractivity contribution in [3.8, 4) is 11.3 Å². The minimum Gasteiger partial charge on any atom is -0.455 e. The number of carbonyl (C=O) groups is 1. The molecule has 0 unspecified atom stereocenters. The highest BCUT2D eigenvalue weighted by Gasteiger charge is 2.08. The van der Waals surface area contributed by atoms with E-state index in [0.717, 1.165) is 11.4 Å². The Kier molecular flexibility index (Phi) is 6.35. The average molecular weight is 411 g/mol. The standard InChI is InChI=1S/C19H17N5O4S/c1-12-9-13(2)22-19(21-12)29-11-18(25)23-20-10-16-7-8-17(28-16)14-3-5-15(6-4-14)24(26)27/h3-10H,11H2,1-2H3,(H,23,25)/b20-10+. The molecule has 0 radical (unpaired) electrons. The van der Waals surface area contributed by atoms with Crippen LogP contribution in [0.1, 0.15) is 17.1 Å². The van der Waals surface area contributed by atoms with Gasteiger partial charge in [-0.15, -0.1) is 0 Å². The number of aromatic nitrogens is 2. The Balaban J connectivity index is 1.52. The first-order valence-electron chi connectivity index (χ1n) is 8.52. The molecule has 10 heteroatoms. The van der Waals surface area contributed by atoms with Gasteiger partial charge >= 0.3 is 0 Å². The van der Waals surface area contributed by atoms with Crippen LogP contribution in [0.4, 0.5) is 5.69 Å². The highest BCUT2D eigenvalue weighted by atomic mass is 32.2. The average Bonchev–Trinajstić information content (AvgIpc) is 3.14. The summed E-state index contributed by atoms with van der Waals surface area (Å²) in [7, 11) is 0. The second-order valence-corrected chi connectivity index (χ2v) is 6.96. The van der Waals surface area contributed by atoms with Gasteiger partial charge in [0, 0.05) is 29.1 Å². The van der Waals surface area contributed by atoms with Crippen molar-refractivity contribution in [1.82, 2.24) is 15.4 Å². The fourth-order valence-electron chi connectivity index (χ4n) is 2.41. The van der Waals surface area contributed by atoms with Crippen molar-refractivity contribution >= 4 is 29.6 Å². The van der Waals surface area contributed by atoms with Gasteiger partial charge in [0.15, 0.2) is 5.16 Å². The molecule has 9 nitrogen and oxygen atoms in total. The first-order valence-corrected chi connectivity index (χ1v) is 9.51. The monoisotopic (exact) mass is 411 g/mol. The van der Waals surface area contributed by atoms with Gasteiger partial charge in [0.2, 0.25) is 0 Å². The molecular weight excluding hydrogens is 394 g/mol. The lowest BCUT2D eigenvalue weighted by Crippen LogP contribution is -2.19. The number of thioether (sulfide) groups is 1. The zero-order valence-electron chi connectivity index (χ0n) is 15.7. The number of carbonyl (C=O) groups excluding carboxylic acids is 1. The maximum absolute atomic E-state index is 11.9. The molecule has 148 valence electrons. The zero-order chi connectivity index (χ0) is 20.8. The first kappa shape index (κ1) is 20.2. The van der Waals surface area contributed by atoms with Gasteiger partial charge in [-0.2, -0.15) is 5.10 Å². The molecule has 0 spiro atoms. The fraction of sp³-hybridized carbons (Fsp3) is 0.158. The highest BCUT2D eigenvalue weighted by Crippen LogP contribution is 2.24. The number of nitro groups is 1. The van der Waals surface area contributed by atoms with Gasteiger partial charge in [-0.25, -0.2) is 15.4 Å². The van der Waals surface area contributed by atoms with E-state index in [1.165, 1.54) is 30.1 Å². The maximum atomic E-state index is 11.9. The van der Waals surface area contributed by atoms with E-state index >= 15 is 0 Å². The lowest BCUT2D eigenvalue weighted by Gasteiger charge is -2.02. The lowest BCUT2D eigenvalue weighted by atomic mass is 10.1. The summed E-state index contributed by atoms with van der Waals surface area (Å²) in [6.45, 7) is 3.74. The van der Waals surface area contributed by atoms with Crippen LogP contribution in [0.3, 0.4) is 0 Å². The fourth-order valence-corrected chi connectivity index (χ4v) is 3.15. The topological polar surface area (TPSA) is 124 Å². The second kappa shape index (κ2) is 9.11. The molecule has 2 heterocycles. The molecule has 0 fully saturated rings. The summed E-state index contributed by atoms with van der Waals surface area (Å²) in [4.78, 5) is 30.7. The van der Waals surface area contributed by atoms with Crippen molar-refractivity contribution in [2.45, 2.75) is 19.0 Å². The van der Waals surface area contributed by atoms with Gasteiger partial charge in [-0.05, 0) is 44.2 Å². The molecule has 3 aromatic rings. The van der Waals surface area contributed by atoms with Crippen LogP contribution in [0.25, 0.3) is 11.3 Å². The summed E-state index contributed by atoms with van der Waals surface area (Å²) in [6.07, 6.45) is 1.38. The molecule has 1 N–H and O–H groups in total. The van der Waals surface area contributed by atoms with Crippen molar-refractivity contribution < 1.29 is 14.1 Å². The number of hydrazone groups is 1. The van der Waals surface area contributed by atoms with Crippen LogP contribution in [0.15, 0.2) is 57.1 Å². The number of aryl methyl sites for hydroxylation is 2. The molecule has 1 amide bonds. The van der Waals surface area contributed by atoms with Crippen molar-refractivity contribution in [3.05, 3.63) is 69.7 Å². The van der Waals surface area contributed by atoms with E-state index in [4.69, 9.17) is 4.42 Å². The van der Waals surface area contributed by atoms with E-state index in [0.29, 0.717) is 22.2 Å². The number of nitrogens with zero attached hydrogens (tertiary/aromatic N) is 4. The third-order valence-corrected chi connectivity index (χ3v) is 4.51. The number of amides is 1. The molecule has 2 aromatic heterocycles. The normalized spacial score (nSPS) is 11.0. The van der Waals surface area contributed by atoms with E-state index in [2.05, 4.69) is 20.5 Å². The van der Waals surface area contributed by atoms with Gasteiger partial charge in [0.25, 0.3) is 11.6 Å². The van der Waals surface area contributed by atoms with Crippen LogP contribution in [0, 0.1) is 24.0 Å². The van der Waals surface area contributed by atoms with Crippen molar-refractivity contribution in [1.29, 1.82) is 0 Å². The number of hydrogen-bond acceptors (Lipinski definition) is 8. The summed E-state index contributed by atoms with van der Waals surface area (Å²) in [5.74, 6) is 0.808. The van der Waals surface area contributed by atoms with E-state index < -0.39 is 4.92 Å². The number of benzene rings is 1. The molecular formula is C19H17N5O4S. The molecule has 0 aliphatic heterocycles. The Hall–Kier alpha value is -3.53. The Labute approximate surface area is 170 Å². The zero-order valence-corrected chi connectivity index (χ0v) is 16.5. The van der Waals surface area contributed by atoms with E-state index in [-0.39, 0.29) is 17.3 Å². The van der Waals surface area contributed by atoms with Crippen LogP contribution in [-0.2, 0) is 4.79 Å². The van der Waals surface area contributed by atoms with Crippen molar-refractivity contribution in [2.75, 3.05) is 5.75 Å². The smallest absolute Gasteiger partial charge is 0.269 e. The molecule has 0 atom stereocenters. The van der Waals surface area contributed by atoms with E-state index in [9.17, 15) is 14.9 Å². The summed E-state index contributed by atoms with van der Waals surface area (Å²) in [6, 6.07) is 11.3. The summed E-state index contributed by atoms with van der Waals surface area (Å²) in [5, 5.41) is 15.1. The molecule has 1 aromatic carbocycles. The maximum Gasteiger partial charge on any atom is 0.269 e. The highest BCUT2D eigenvalue weighted by molar-refractivity contribution is 7.99. The van der Waals surface area contributed by atoms with Gasteiger partial charge in [-0.1, -0.05) is 11.8 Å². The molecule has 0 aliphatic rings. The van der Waals surface area contributed by atoms with Crippen LogP contribution in [0.5, 0.6) is 0 Å². The van der Waals surface area contributed by atoms with Crippen molar-refractivity contribution in [3.63, 3.8) is 0 Å². The number of non-ortho nitro benzene ring substituents is 1. The van der Waals surface area contributed by atoms with Crippen LogP contribution >= 0.6 is 11.8 Å². The Morgan fingerprint density at radius 2 is 1.90 bits per heavy atom. The quantitative estimate of drug-likeness (QED) is 0.207. The number of hydrogen-bond donors (Lipinski definition) is 1. The van der Waals surface area contributed by atoms with Gasteiger partial charge in [0.05, 0.1) is 16.9 Å².